The Morgan fingerprint density at radius 1 is 1.38 bits per heavy atom. The molecule has 0 bridgehead atoms. The Bertz CT molecular complexity index is 461. The molecule has 0 radical (unpaired) electrons. The quantitative estimate of drug-likeness (QED) is 0.460. The minimum absolute atomic E-state index is 0. The number of benzene rings is 1. The lowest BCUT2D eigenvalue weighted by atomic mass is 10.2. The van der Waals surface area contributed by atoms with Gasteiger partial charge in [0.05, 0.1) is 0 Å². The number of nitrogens with one attached hydrogen (secondary N) is 1. The van der Waals surface area contributed by atoms with E-state index in [0.717, 1.165) is 24.0 Å². The fraction of sp³-hybridized carbons (Fsp3) is 0.562. The summed E-state index contributed by atoms with van der Waals surface area (Å²) in [5, 5.41) is 3.51. The number of nitrogens with zero attached hydrogens (tertiary/aromatic N) is 2. The standard InChI is InChI=1S/C16H24FN3.HI/c1-4-5-13-10-15(13)19-16(18-2)20(3)11-12-6-8-14(17)9-7-12;/h6-9,13,15H,4-5,10-11H2,1-3H3,(H,18,19);1H. The Kier molecular flexibility index (Phi) is 7.42. The Morgan fingerprint density at radius 3 is 2.62 bits per heavy atom. The summed E-state index contributed by atoms with van der Waals surface area (Å²) < 4.78 is 12.9. The molecule has 1 aliphatic rings. The molecule has 0 aliphatic heterocycles. The molecule has 0 saturated heterocycles. The normalized spacial score (nSPS) is 20.7. The van der Waals surface area contributed by atoms with E-state index < -0.39 is 0 Å². The van der Waals surface area contributed by atoms with E-state index in [0.29, 0.717) is 6.04 Å². The molecule has 0 spiro atoms. The van der Waals surface area contributed by atoms with Crippen LogP contribution in [0, 0.1) is 11.7 Å². The van der Waals surface area contributed by atoms with Gasteiger partial charge in [0.1, 0.15) is 5.82 Å². The Morgan fingerprint density at radius 2 is 2.05 bits per heavy atom. The molecule has 1 N–H and O–H groups in total. The lowest BCUT2D eigenvalue weighted by Crippen LogP contribution is -2.40. The van der Waals surface area contributed by atoms with Crippen molar-refractivity contribution >= 4 is 29.9 Å². The fourth-order valence-corrected chi connectivity index (χ4v) is 2.56. The molecule has 1 aliphatic carbocycles. The fourth-order valence-electron chi connectivity index (χ4n) is 2.56. The minimum Gasteiger partial charge on any atom is -0.353 e. The van der Waals surface area contributed by atoms with Crippen LogP contribution in [0.15, 0.2) is 29.3 Å². The van der Waals surface area contributed by atoms with E-state index in [1.165, 1.54) is 31.4 Å². The summed E-state index contributed by atoms with van der Waals surface area (Å²) >= 11 is 0. The molecule has 2 rings (SSSR count). The Balaban J connectivity index is 0.00000220. The van der Waals surface area contributed by atoms with Gasteiger partial charge in [-0.15, -0.1) is 24.0 Å². The third kappa shape index (κ3) is 5.45. The van der Waals surface area contributed by atoms with E-state index in [-0.39, 0.29) is 29.8 Å². The van der Waals surface area contributed by atoms with Crippen LogP contribution in [0.2, 0.25) is 0 Å². The molecule has 5 heteroatoms. The van der Waals surface area contributed by atoms with Crippen molar-refractivity contribution in [2.24, 2.45) is 10.9 Å². The van der Waals surface area contributed by atoms with Gasteiger partial charge in [-0.25, -0.2) is 4.39 Å². The highest BCUT2D eigenvalue weighted by Gasteiger charge is 2.36. The predicted octanol–water partition coefficient (Wildman–Crippen LogP) is 3.64. The number of aliphatic imine (C=N–C) groups is 1. The highest BCUT2D eigenvalue weighted by molar-refractivity contribution is 14.0. The van der Waals surface area contributed by atoms with Gasteiger partial charge in [-0.05, 0) is 36.5 Å². The largest absolute Gasteiger partial charge is 0.353 e. The van der Waals surface area contributed by atoms with Crippen LogP contribution in [0.3, 0.4) is 0 Å². The number of hydrogen-bond donors (Lipinski definition) is 1. The van der Waals surface area contributed by atoms with E-state index in [4.69, 9.17) is 0 Å². The van der Waals surface area contributed by atoms with Crippen molar-refractivity contribution < 1.29 is 4.39 Å². The summed E-state index contributed by atoms with van der Waals surface area (Å²) in [7, 11) is 3.82. The summed E-state index contributed by atoms with van der Waals surface area (Å²) in [4.78, 5) is 6.41. The summed E-state index contributed by atoms with van der Waals surface area (Å²) in [5.41, 5.74) is 1.08. The first-order chi connectivity index (χ1) is 9.63. The minimum atomic E-state index is -0.195. The van der Waals surface area contributed by atoms with Gasteiger partial charge in [-0.1, -0.05) is 25.5 Å². The number of guanidine groups is 1. The molecule has 1 fully saturated rings. The van der Waals surface area contributed by atoms with Gasteiger partial charge in [-0.2, -0.15) is 0 Å². The smallest absolute Gasteiger partial charge is 0.193 e. The first kappa shape index (κ1) is 18.2. The van der Waals surface area contributed by atoms with Crippen LogP contribution in [0.25, 0.3) is 0 Å². The van der Waals surface area contributed by atoms with Gasteiger partial charge in [0.2, 0.25) is 0 Å². The van der Waals surface area contributed by atoms with Gasteiger partial charge >= 0.3 is 0 Å². The highest BCUT2D eigenvalue weighted by atomic mass is 127. The van der Waals surface area contributed by atoms with Crippen molar-refractivity contribution in [3.05, 3.63) is 35.6 Å². The van der Waals surface area contributed by atoms with Crippen LogP contribution in [-0.4, -0.2) is 31.0 Å². The van der Waals surface area contributed by atoms with Crippen molar-refractivity contribution in [1.82, 2.24) is 10.2 Å². The molecule has 2 atom stereocenters. The monoisotopic (exact) mass is 405 g/mol. The van der Waals surface area contributed by atoms with E-state index in [1.807, 2.05) is 19.2 Å². The van der Waals surface area contributed by atoms with Crippen molar-refractivity contribution in [3.8, 4) is 0 Å². The zero-order valence-electron chi connectivity index (χ0n) is 13.0. The lowest BCUT2D eigenvalue weighted by molar-refractivity contribution is 0.472. The van der Waals surface area contributed by atoms with Crippen molar-refractivity contribution in [1.29, 1.82) is 0 Å². The Labute approximate surface area is 144 Å². The van der Waals surface area contributed by atoms with Crippen molar-refractivity contribution in [2.75, 3.05) is 14.1 Å². The van der Waals surface area contributed by atoms with E-state index in [9.17, 15) is 4.39 Å². The van der Waals surface area contributed by atoms with Crippen molar-refractivity contribution in [2.45, 2.75) is 38.8 Å². The van der Waals surface area contributed by atoms with Gasteiger partial charge in [0.15, 0.2) is 5.96 Å². The van der Waals surface area contributed by atoms with Crippen LogP contribution in [0.1, 0.15) is 31.7 Å². The van der Waals surface area contributed by atoms with Crippen LogP contribution < -0.4 is 5.32 Å². The molecule has 0 aromatic heterocycles. The third-order valence-corrected chi connectivity index (χ3v) is 3.80. The first-order valence-electron chi connectivity index (χ1n) is 7.33. The SMILES string of the molecule is CCCC1CC1NC(=NC)N(C)Cc1ccc(F)cc1.I. The van der Waals surface area contributed by atoms with E-state index in [1.54, 1.807) is 7.05 Å². The number of rotatable bonds is 5. The van der Waals surface area contributed by atoms with Gasteiger partial charge in [-0.3, -0.25) is 4.99 Å². The second-order valence-corrected chi connectivity index (χ2v) is 5.57. The average Bonchev–Trinajstić information content (AvgIpc) is 3.17. The van der Waals surface area contributed by atoms with Gasteiger partial charge in [0, 0.05) is 26.7 Å². The summed E-state index contributed by atoms with van der Waals surface area (Å²) in [6.45, 7) is 2.95. The van der Waals surface area contributed by atoms with Crippen LogP contribution in [0.5, 0.6) is 0 Å². The topological polar surface area (TPSA) is 27.6 Å². The van der Waals surface area contributed by atoms with Crippen molar-refractivity contribution in [3.63, 3.8) is 0 Å². The molecular weight excluding hydrogens is 380 g/mol. The third-order valence-electron chi connectivity index (χ3n) is 3.80. The molecule has 1 saturated carbocycles. The van der Waals surface area contributed by atoms with Crippen LogP contribution >= 0.6 is 24.0 Å². The predicted molar refractivity (Wildman–Crippen MR) is 96.6 cm³/mol. The van der Waals surface area contributed by atoms with E-state index >= 15 is 0 Å². The maximum atomic E-state index is 12.9. The maximum absolute atomic E-state index is 12.9. The van der Waals surface area contributed by atoms with Crippen LogP contribution in [0.4, 0.5) is 4.39 Å². The van der Waals surface area contributed by atoms with E-state index in [2.05, 4.69) is 22.1 Å². The summed E-state index contributed by atoms with van der Waals surface area (Å²) in [5.74, 6) is 1.52. The molecule has 1 aromatic carbocycles. The summed E-state index contributed by atoms with van der Waals surface area (Å²) in [6, 6.07) is 7.20. The highest BCUT2D eigenvalue weighted by Crippen LogP contribution is 2.34. The lowest BCUT2D eigenvalue weighted by Gasteiger charge is -2.22. The maximum Gasteiger partial charge on any atom is 0.193 e. The molecule has 0 heterocycles. The zero-order valence-corrected chi connectivity index (χ0v) is 15.3. The summed E-state index contributed by atoms with van der Waals surface area (Å²) in [6.07, 6.45) is 3.78. The molecule has 21 heavy (non-hydrogen) atoms. The zero-order chi connectivity index (χ0) is 14.5. The second kappa shape index (κ2) is 8.56. The Hall–Kier alpha value is -0.850. The molecule has 2 unspecified atom stereocenters. The van der Waals surface area contributed by atoms with Gasteiger partial charge < -0.3 is 10.2 Å². The first-order valence-corrected chi connectivity index (χ1v) is 7.33. The van der Waals surface area contributed by atoms with Crippen LogP contribution in [-0.2, 0) is 6.54 Å². The molecule has 3 nitrogen and oxygen atoms in total. The molecule has 118 valence electrons. The molecular formula is C16H25FIN3. The second-order valence-electron chi connectivity index (χ2n) is 5.57. The van der Waals surface area contributed by atoms with Gasteiger partial charge in [0.25, 0.3) is 0 Å². The molecule has 1 aromatic rings. The average molecular weight is 405 g/mol. The number of hydrogen-bond acceptors (Lipinski definition) is 1. The molecule has 0 amide bonds. The number of halogens is 2.